The molecule has 108 heavy (non-hydrogen) atoms. The number of nitrogens with zero attached hydrogens (tertiary/aromatic N) is 11. The van der Waals surface area contributed by atoms with Crippen LogP contribution in [0.15, 0.2) is 182 Å². The highest BCUT2D eigenvalue weighted by Crippen LogP contribution is 2.53. The third-order valence-electron chi connectivity index (χ3n) is 14.3. The van der Waals surface area contributed by atoms with Crippen molar-refractivity contribution in [3.05, 3.63) is 124 Å². The van der Waals surface area contributed by atoms with Crippen LogP contribution in [0.5, 0.6) is 23.0 Å². The van der Waals surface area contributed by atoms with Crippen LogP contribution in [0.4, 0.5) is 68.2 Å². The number of phenolic OH excluding ortho intramolecular Hbond substituents is 3. The first-order valence-electron chi connectivity index (χ1n) is 28.0. The summed E-state index contributed by atoms with van der Waals surface area (Å²) in [6.45, 7) is 1.20. The molecule has 15 N–H and O–H groups in total. The van der Waals surface area contributed by atoms with Gasteiger partial charge in [0.2, 0.25) is 0 Å². The summed E-state index contributed by atoms with van der Waals surface area (Å²) < 4.78 is 234. The number of nitro groups is 1. The molecule has 0 aromatic heterocycles. The van der Waals surface area contributed by atoms with Gasteiger partial charge >= 0.3 is 11.9 Å². The van der Waals surface area contributed by atoms with Crippen molar-refractivity contribution in [3.8, 4) is 23.0 Å². The predicted molar refractivity (Wildman–Crippen MR) is 364 cm³/mol. The minimum absolute atomic E-state index is 0.0447. The smallest absolute Gasteiger partial charge is 0.335 e. The highest BCUT2D eigenvalue weighted by molar-refractivity contribution is 7.95. The van der Waals surface area contributed by atoms with Crippen LogP contribution < -0.4 is 10.5 Å². The zero-order valence-electron chi connectivity index (χ0n) is 52.5. The molecule has 0 unspecified atom stereocenters. The molecule has 0 saturated carbocycles. The number of carbonyl (C=O) groups is 2. The fraction of sp³-hybridized carbons (Fsp3) is 0.0741. The van der Waals surface area contributed by atoms with Gasteiger partial charge in [0.1, 0.15) is 80.6 Å². The van der Waals surface area contributed by atoms with Gasteiger partial charge in [0.15, 0.2) is 17.2 Å². The number of nitrogens with two attached hydrogens (primary N) is 1. The monoisotopic (exact) mass is 1660 g/mol. The molecule has 46 nitrogen and oxygen atoms in total. The van der Waals surface area contributed by atoms with E-state index < -0.39 is 224 Å². The minimum Gasteiger partial charge on any atom is -0.505 e. The predicted octanol–water partition coefficient (Wildman–Crippen LogP) is 12.3. The van der Waals surface area contributed by atoms with Crippen molar-refractivity contribution in [1.82, 2.24) is 0 Å². The van der Waals surface area contributed by atoms with Crippen molar-refractivity contribution < 1.29 is 152 Å². The Morgan fingerprint density at radius 1 is 0.481 bits per heavy atom. The van der Waals surface area contributed by atoms with E-state index in [0.717, 1.165) is 24.3 Å². The summed E-state index contributed by atoms with van der Waals surface area (Å²) in [5.41, 5.74) is -4.32. The molecule has 9 aromatic carbocycles. The standard InChI is InChI=1S/C54H40N12O34S8/c1-21-11-35(37(96-9-2-10-101-99-97-76)19-34(21)60-56-24-13-22(53(70)71)12-23(14-24)54(72)73)61-65-47-42(106(87,88)89)18-29-27(49(47)68)5-8-33(52(29)108(93,94)95)59-64-46-41(105(84,85)86)17-28-26(48(46)67)4-7-32(51(28)107(90,91)92)58-62-36-20-39(103(78,79)80)30-16-38(102-100-98-77)45(50(69)43(30)44(36)55)63-57-31-6-3-25(66(74)75)15-40(31)104(81,82)83/h3-8,11-20,67-69,76-77H,2,9-10,55H2,1H3,(H,70,71)(H,72,73)(H,78,79,80)(H,81,82,83)(H,84,85,86)(H,87,88,89)(H,90,91,92)(H,93,94,95). The van der Waals surface area contributed by atoms with Crippen molar-refractivity contribution in [3.63, 3.8) is 0 Å². The summed E-state index contributed by atoms with van der Waals surface area (Å²) in [5.74, 6) is -7.27. The van der Waals surface area contributed by atoms with Gasteiger partial charge in [0, 0.05) is 62.9 Å². The quantitative estimate of drug-likeness (QED) is 0.00303. The van der Waals surface area contributed by atoms with E-state index in [0.29, 0.717) is 66.6 Å². The number of phenols is 3. The van der Waals surface area contributed by atoms with Gasteiger partial charge in [-0.2, -0.15) is 60.7 Å². The number of non-ortho nitro benzene ring substituents is 1. The molecule has 0 aliphatic carbocycles. The van der Waals surface area contributed by atoms with Crippen LogP contribution in [-0.4, -0.2) is 143 Å². The molecular weight excluding hydrogens is 1620 g/mol. The van der Waals surface area contributed by atoms with Crippen LogP contribution in [0.2, 0.25) is 0 Å². The lowest BCUT2D eigenvalue weighted by Crippen LogP contribution is -2.04. The van der Waals surface area contributed by atoms with Crippen LogP contribution in [0.3, 0.4) is 0 Å². The Balaban J connectivity index is 1.15. The van der Waals surface area contributed by atoms with Gasteiger partial charge in [-0.05, 0) is 97.8 Å². The number of ether oxygens (including phenoxy) is 1. The van der Waals surface area contributed by atoms with Crippen LogP contribution >= 0.6 is 24.1 Å². The number of rotatable bonds is 29. The first kappa shape index (κ1) is 81.1. The highest BCUT2D eigenvalue weighted by atomic mass is 32.2. The van der Waals surface area contributed by atoms with Crippen molar-refractivity contribution >= 4 is 197 Å². The molecule has 0 fully saturated rings. The third kappa shape index (κ3) is 17.8. The Morgan fingerprint density at radius 3 is 1.44 bits per heavy atom. The fourth-order valence-corrected chi connectivity index (χ4v) is 14.9. The number of aryl methyl sites for hydroxylation is 1. The third-order valence-corrected chi connectivity index (χ3v) is 20.9. The summed E-state index contributed by atoms with van der Waals surface area (Å²) in [4.78, 5) is 24.5. The molecule has 0 heterocycles. The number of hydrogen-bond acceptors (Lipinski definition) is 39. The number of carboxylic acid groups (broad SMARTS) is 2. The number of aromatic carboxylic acids is 2. The molecule has 0 bridgehead atoms. The Bertz CT molecular complexity index is 6200. The minimum atomic E-state index is -5.90. The summed E-state index contributed by atoms with van der Waals surface area (Å²) in [5, 5.41) is 122. The van der Waals surface area contributed by atoms with Crippen molar-refractivity contribution in [2.24, 2.45) is 51.1 Å². The van der Waals surface area contributed by atoms with E-state index >= 15 is 0 Å². The van der Waals surface area contributed by atoms with E-state index in [1.54, 1.807) is 0 Å². The normalized spacial score (nSPS) is 12.9. The summed E-state index contributed by atoms with van der Waals surface area (Å²) >= 11 is 0.556. The second-order valence-electron chi connectivity index (χ2n) is 21.1. The summed E-state index contributed by atoms with van der Waals surface area (Å²) in [6, 6.07) is 11.3. The Labute approximate surface area is 609 Å². The average Bonchev–Trinajstić information content (AvgIpc) is 0.752. The number of benzene rings is 9. The van der Waals surface area contributed by atoms with E-state index in [4.69, 9.17) is 21.0 Å². The largest absolute Gasteiger partial charge is 0.505 e. The molecule has 568 valence electrons. The average molecular weight is 1660 g/mol. The van der Waals surface area contributed by atoms with Gasteiger partial charge in [-0.25, -0.2) is 20.1 Å². The molecule has 0 atom stereocenters. The zero-order chi connectivity index (χ0) is 79.7. The molecular formula is C54H40N12O34S8. The number of fused-ring (bicyclic) bond motifs is 3. The van der Waals surface area contributed by atoms with Gasteiger partial charge in [-0.15, -0.1) is 49.6 Å². The number of azo groups is 5. The van der Waals surface area contributed by atoms with E-state index in [2.05, 4.69) is 69.9 Å². The fourth-order valence-electron chi connectivity index (χ4n) is 9.74. The van der Waals surface area contributed by atoms with Gasteiger partial charge in [0.05, 0.1) is 62.0 Å². The number of nitrogen functional groups attached to an aromatic ring is 1. The van der Waals surface area contributed by atoms with Crippen molar-refractivity contribution in [2.45, 2.75) is 47.6 Å². The van der Waals surface area contributed by atoms with E-state index in [9.17, 15) is 123 Å². The summed E-state index contributed by atoms with van der Waals surface area (Å²) in [7, 11) is -34.2. The Morgan fingerprint density at radius 2 is 0.954 bits per heavy atom. The second-order valence-corrected chi connectivity index (χ2v) is 30.9. The SMILES string of the molecule is Cc1cc(N=Nc2c(S(=O)(=O)O)cc3c(S(=O)(=O)O)c(N=Nc4c(S(=O)(=O)O)cc5c(S(=O)(=O)O)c(N=Nc6cc(S(=O)(=O)O)c7cc(SOOO)c(N=Nc8ccc([N+](=O)[O-])cc8S(=O)(=O)O)c(O)c7c6N)ccc5c4O)ccc3c2O)c(OCCCSOOO)cc1N=Nc1cc(C(=O)O)cc(C(=O)O)c1. The maximum atomic E-state index is 13.3. The number of carboxylic acids is 2. The molecule has 0 spiro atoms. The maximum Gasteiger partial charge on any atom is 0.335 e. The number of aromatic hydroxyl groups is 3. The van der Waals surface area contributed by atoms with Crippen LogP contribution in [0.1, 0.15) is 32.7 Å². The van der Waals surface area contributed by atoms with Gasteiger partial charge in [-0.3, -0.25) is 37.4 Å². The van der Waals surface area contributed by atoms with Gasteiger partial charge in [-0.1, -0.05) is 10.1 Å². The van der Waals surface area contributed by atoms with Crippen LogP contribution in [0.25, 0.3) is 32.3 Å². The van der Waals surface area contributed by atoms with Crippen molar-refractivity contribution in [2.75, 3.05) is 18.1 Å². The molecule has 0 saturated heterocycles. The first-order valence-corrected chi connectivity index (χ1v) is 38.3. The van der Waals surface area contributed by atoms with Crippen molar-refractivity contribution in [1.29, 1.82) is 0 Å². The lowest BCUT2D eigenvalue weighted by atomic mass is 10.0. The number of nitro benzene ring substituents is 1. The number of anilines is 1. The lowest BCUT2D eigenvalue weighted by molar-refractivity contribution is -0.432. The maximum absolute atomic E-state index is 13.3. The molecule has 9 aromatic rings. The molecule has 0 amide bonds. The van der Waals surface area contributed by atoms with Gasteiger partial charge < -0.3 is 36.0 Å². The van der Waals surface area contributed by atoms with E-state index in [-0.39, 0.29) is 65.3 Å². The molecule has 0 aliphatic heterocycles. The highest BCUT2D eigenvalue weighted by Gasteiger charge is 2.33. The molecule has 9 rings (SSSR count). The zero-order valence-corrected chi connectivity index (χ0v) is 59.0. The second kappa shape index (κ2) is 31.5. The lowest BCUT2D eigenvalue weighted by Gasteiger charge is -2.15. The van der Waals surface area contributed by atoms with E-state index in [1.807, 2.05) is 0 Å². The summed E-state index contributed by atoms with van der Waals surface area (Å²) in [6.07, 6.45) is 0.130. The molecule has 0 radical (unpaired) electrons. The first-order chi connectivity index (χ1) is 50.3. The topological polar surface area (TPSA) is 741 Å². The molecule has 54 heteroatoms. The Kier molecular flexibility index (Phi) is 23.6. The van der Waals surface area contributed by atoms with Crippen LogP contribution in [-0.2, 0) is 79.5 Å². The molecule has 0 aliphatic rings. The van der Waals surface area contributed by atoms with Crippen LogP contribution in [0, 0.1) is 17.0 Å². The Hall–Kier alpha value is -11.0. The van der Waals surface area contributed by atoms with E-state index in [1.165, 1.54) is 19.1 Å². The van der Waals surface area contributed by atoms with Gasteiger partial charge in [0.25, 0.3) is 66.4 Å². The number of hydrogen-bond donors (Lipinski definition) is 14.